The molecule has 0 spiro atoms. The second-order valence-corrected chi connectivity index (χ2v) is 7.69. The van der Waals surface area contributed by atoms with Gasteiger partial charge in [-0.25, -0.2) is 9.37 Å². The summed E-state index contributed by atoms with van der Waals surface area (Å²) in [6, 6.07) is 13.5. The Morgan fingerprint density at radius 3 is 2.71 bits per heavy atom. The second kappa shape index (κ2) is 10.7. The number of hydrogen-bond donors (Lipinski definition) is 2. The van der Waals surface area contributed by atoms with Gasteiger partial charge in [-0.1, -0.05) is 48.5 Å². The first kappa shape index (κ1) is 22.5. The average molecular weight is 460 g/mol. The quantitative estimate of drug-likeness (QED) is 0.496. The molecule has 2 aromatic carbocycles. The number of carbonyl (C=O) groups is 2. The molecule has 1 aromatic heterocycles. The van der Waals surface area contributed by atoms with Crippen LogP contribution in [0.15, 0.2) is 66.2 Å². The molecule has 0 bridgehead atoms. The van der Waals surface area contributed by atoms with Gasteiger partial charge in [0.15, 0.2) is 6.61 Å². The van der Waals surface area contributed by atoms with E-state index in [2.05, 4.69) is 22.2 Å². The van der Waals surface area contributed by atoms with E-state index in [1.54, 1.807) is 5.38 Å². The number of hydrogen-bond acceptors (Lipinski definition) is 5. The fourth-order valence-corrected chi connectivity index (χ4v) is 3.42. The van der Waals surface area contributed by atoms with Crippen LogP contribution in [-0.2, 0) is 4.79 Å². The fourth-order valence-electron chi connectivity index (χ4n) is 2.50. The molecule has 31 heavy (non-hydrogen) atoms. The Balaban J connectivity index is 1.38. The van der Waals surface area contributed by atoms with Crippen LogP contribution >= 0.6 is 22.9 Å². The number of thiazole rings is 1. The molecule has 0 radical (unpaired) electrons. The van der Waals surface area contributed by atoms with E-state index in [1.165, 1.54) is 23.5 Å². The molecule has 0 saturated heterocycles. The van der Waals surface area contributed by atoms with Crippen LogP contribution in [0.25, 0.3) is 10.6 Å². The maximum atomic E-state index is 13.3. The van der Waals surface area contributed by atoms with Gasteiger partial charge in [-0.2, -0.15) is 0 Å². The van der Waals surface area contributed by atoms with Gasteiger partial charge in [-0.3, -0.25) is 9.59 Å². The van der Waals surface area contributed by atoms with Crippen LogP contribution in [0.4, 0.5) is 4.39 Å². The molecule has 1 heterocycles. The Kier molecular flexibility index (Phi) is 7.75. The van der Waals surface area contributed by atoms with Crippen LogP contribution in [0.2, 0.25) is 5.02 Å². The van der Waals surface area contributed by atoms with Crippen LogP contribution in [0, 0.1) is 5.82 Å². The molecule has 160 valence electrons. The molecule has 3 rings (SSSR count). The van der Waals surface area contributed by atoms with E-state index in [9.17, 15) is 14.0 Å². The van der Waals surface area contributed by atoms with Crippen molar-refractivity contribution in [2.75, 3.05) is 13.2 Å². The molecular formula is C22H19ClFN3O3S. The average Bonchev–Trinajstić information content (AvgIpc) is 3.26. The molecule has 0 atom stereocenters. The van der Waals surface area contributed by atoms with Gasteiger partial charge in [0.1, 0.15) is 22.3 Å². The largest absolute Gasteiger partial charge is 0.484 e. The maximum Gasteiger partial charge on any atom is 0.274 e. The van der Waals surface area contributed by atoms with E-state index < -0.39 is 5.82 Å². The van der Waals surface area contributed by atoms with Crippen molar-refractivity contribution < 1.29 is 18.7 Å². The number of ether oxygens (including phenoxy) is 1. The number of benzene rings is 2. The zero-order valence-corrected chi connectivity index (χ0v) is 17.9. The highest BCUT2D eigenvalue weighted by atomic mass is 35.5. The minimum atomic E-state index is -0.623. The first-order chi connectivity index (χ1) is 14.9. The van der Waals surface area contributed by atoms with Gasteiger partial charge in [-0.15, -0.1) is 11.3 Å². The second-order valence-electron chi connectivity index (χ2n) is 6.43. The zero-order valence-electron chi connectivity index (χ0n) is 16.4. The highest BCUT2D eigenvalue weighted by Gasteiger charge is 2.13. The summed E-state index contributed by atoms with van der Waals surface area (Å²) in [6.45, 7) is 3.78. The van der Waals surface area contributed by atoms with E-state index >= 15 is 0 Å². The van der Waals surface area contributed by atoms with E-state index in [0.29, 0.717) is 17.8 Å². The lowest BCUT2D eigenvalue weighted by molar-refractivity contribution is -0.123. The molecule has 0 aliphatic rings. The molecule has 9 heteroatoms. The van der Waals surface area contributed by atoms with Gasteiger partial charge < -0.3 is 15.4 Å². The number of nitrogens with zero attached hydrogens (tertiary/aromatic N) is 1. The van der Waals surface area contributed by atoms with E-state index in [1.807, 2.05) is 30.3 Å². The summed E-state index contributed by atoms with van der Waals surface area (Å²) >= 11 is 6.98. The number of nitrogens with one attached hydrogen (secondary N) is 2. The van der Waals surface area contributed by atoms with Crippen molar-refractivity contribution in [1.29, 1.82) is 0 Å². The van der Waals surface area contributed by atoms with Crippen molar-refractivity contribution in [3.05, 3.63) is 82.7 Å². The molecule has 0 aliphatic heterocycles. The predicted octanol–water partition coefficient (Wildman–Crippen LogP) is 4.43. The van der Waals surface area contributed by atoms with Crippen LogP contribution < -0.4 is 15.4 Å². The zero-order chi connectivity index (χ0) is 22.2. The molecule has 0 fully saturated rings. The normalized spacial score (nSPS) is 10.4. The summed E-state index contributed by atoms with van der Waals surface area (Å²) in [6.07, 6.45) is 0.336. The smallest absolute Gasteiger partial charge is 0.274 e. The van der Waals surface area contributed by atoms with Gasteiger partial charge >= 0.3 is 0 Å². The minimum absolute atomic E-state index is 0.0219. The Bertz CT molecular complexity index is 1090. The van der Waals surface area contributed by atoms with E-state index in [0.717, 1.165) is 16.6 Å². The molecule has 0 unspecified atom stereocenters. The summed E-state index contributed by atoms with van der Waals surface area (Å²) < 4.78 is 18.6. The topological polar surface area (TPSA) is 80.3 Å². The van der Waals surface area contributed by atoms with E-state index in [-0.39, 0.29) is 35.7 Å². The summed E-state index contributed by atoms with van der Waals surface area (Å²) in [7, 11) is 0. The number of halogens is 2. The number of amides is 2. The van der Waals surface area contributed by atoms with Crippen LogP contribution in [0.5, 0.6) is 5.75 Å². The summed E-state index contributed by atoms with van der Waals surface area (Å²) in [5.41, 5.74) is 1.69. The highest BCUT2D eigenvalue weighted by molar-refractivity contribution is 7.13. The molecule has 0 saturated carbocycles. The Morgan fingerprint density at radius 2 is 1.97 bits per heavy atom. The predicted molar refractivity (Wildman–Crippen MR) is 119 cm³/mol. The van der Waals surface area contributed by atoms with Gasteiger partial charge in [0.25, 0.3) is 11.8 Å². The summed E-state index contributed by atoms with van der Waals surface area (Å²) in [5.74, 6) is -1.17. The number of carbonyl (C=O) groups excluding carboxylic acids is 2. The Hall–Kier alpha value is -3.23. The van der Waals surface area contributed by atoms with Crippen molar-refractivity contribution in [3.63, 3.8) is 0 Å². The van der Waals surface area contributed by atoms with Crippen molar-refractivity contribution in [2.45, 2.75) is 6.42 Å². The molecular weight excluding hydrogens is 441 g/mol. The van der Waals surface area contributed by atoms with Crippen LogP contribution in [0.3, 0.4) is 0 Å². The molecule has 6 nitrogen and oxygen atoms in total. The molecule has 0 aliphatic carbocycles. The molecule has 2 N–H and O–H groups in total. The Labute approximate surface area is 187 Å². The lowest BCUT2D eigenvalue weighted by atomic mass is 10.2. The van der Waals surface area contributed by atoms with Crippen molar-refractivity contribution in [3.8, 4) is 16.3 Å². The van der Waals surface area contributed by atoms with Gasteiger partial charge in [0.05, 0.1) is 5.02 Å². The standard InChI is InChI=1S/C22H19ClFN3O3S/c1-14(9-10-25-20(28)12-30-16-7-8-17(23)18(24)11-16)26-21(29)19-13-31-22(27-19)15-5-3-2-4-6-15/h2-8,11,13H,1,9-10,12H2,(H,25,28)(H,26,29). The van der Waals surface area contributed by atoms with Crippen molar-refractivity contribution in [2.24, 2.45) is 0 Å². The third-order valence-electron chi connectivity index (χ3n) is 4.06. The third-order valence-corrected chi connectivity index (χ3v) is 5.26. The van der Waals surface area contributed by atoms with Crippen molar-refractivity contribution >= 4 is 34.8 Å². The monoisotopic (exact) mass is 459 g/mol. The summed E-state index contributed by atoms with van der Waals surface area (Å²) in [5, 5.41) is 7.73. The SMILES string of the molecule is C=C(CCNC(=O)COc1ccc(Cl)c(F)c1)NC(=O)c1csc(-c2ccccc2)n1. The third kappa shape index (κ3) is 6.63. The molecule has 2 amide bonds. The molecule has 3 aromatic rings. The summed E-state index contributed by atoms with van der Waals surface area (Å²) in [4.78, 5) is 28.5. The van der Waals surface area contributed by atoms with Gasteiger partial charge in [0.2, 0.25) is 0 Å². The fraction of sp³-hybridized carbons (Fsp3) is 0.136. The van der Waals surface area contributed by atoms with Crippen LogP contribution in [0.1, 0.15) is 16.9 Å². The minimum Gasteiger partial charge on any atom is -0.484 e. The van der Waals surface area contributed by atoms with Gasteiger partial charge in [-0.05, 0) is 12.1 Å². The van der Waals surface area contributed by atoms with Gasteiger partial charge in [0, 0.05) is 35.7 Å². The lowest BCUT2D eigenvalue weighted by Crippen LogP contribution is -2.31. The first-order valence-electron chi connectivity index (χ1n) is 9.27. The van der Waals surface area contributed by atoms with Crippen molar-refractivity contribution in [1.82, 2.24) is 15.6 Å². The Morgan fingerprint density at radius 1 is 1.19 bits per heavy atom. The number of aromatic nitrogens is 1. The van der Waals surface area contributed by atoms with E-state index in [4.69, 9.17) is 16.3 Å². The lowest BCUT2D eigenvalue weighted by Gasteiger charge is -2.10. The maximum absolute atomic E-state index is 13.3. The number of rotatable bonds is 9. The highest BCUT2D eigenvalue weighted by Crippen LogP contribution is 2.23. The van der Waals surface area contributed by atoms with Crippen LogP contribution in [-0.4, -0.2) is 29.9 Å². The first-order valence-corrected chi connectivity index (χ1v) is 10.5.